The van der Waals surface area contributed by atoms with Crippen LogP contribution in [0.2, 0.25) is 0 Å². The molecule has 1 aliphatic rings. The molecule has 9 heteroatoms. The lowest BCUT2D eigenvalue weighted by molar-refractivity contribution is -0.119. The fraction of sp³-hybridized carbons (Fsp3) is 0.348. The zero-order chi connectivity index (χ0) is 22.5. The Morgan fingerprint density at radius 3 is 2.59 bits per heavy atom. The number of ether oxygens (including phenoxy) is 2. The maximum absolute atomic E-state index is 12.4. The molecule has 4 rings (SSSR count). The monoisotopic (exact) mass is 454 g/mol. The summed E-state index contributed by atoms with van der Waals surface area (Å²) in [4.78, 5) is 14.7. The molecule has 0 saturated carbocycles. The van der Waals surface area contributed by atoms with E-state index in [0.29, 0.717) is 16.9 Å². The number of benzene rings is 2. The Morgan fingerprint density at radius 1 is 1.09 bits per heavy atom. The van der Waals surface area contributed by atoms with Crippen LogP contribution < -0.4 is 19.7 Å². The van der Waals surface area contributed by atoms with E-state index in [2.05, 4.69) is 34.3 Å². The third-order valence-electron chi connectivity index (χ3n) is 5.25. The van der Waals surface area contributed by atoms with Crippen molar-refractivity contribution in [2.24, 2.45) is 0 Å². The third kappa shape index (κ3) is 4.99. The number of hydrogen-bond donors (Lipinski definition) is 1. The molecule has 32 heavy (non-hydrogen) atoms. The van der Waals surface area contributed by atoms with Gasteiger partial charge in [-0.3, -0.25) is 4.79 Å². The topological polar surface area (TPSA) is 89.7 Å². The predicted octanol–water partition coefficient (Wildman–Crippen LogP) is 4.28. The van der Waals surface area contributed by atoms with Gasteiger partial charge in [-0.2, -0.15) is 0 Å². The van der Waals surface area contributed by atoms with Crippen LogP contribution >= 0.6 is 11.8 Å². The molecule has 2 aromatic carbocycles. The minimum absolute atomic E-state index is 0.122. The van der Waals surface area contributed by atoms with Crippen molar-refractivity contribution in [3.05, 3.63) is 48.0 Å². The quantitative estimate of drug-likeness (QED) is 0.479. The molecule has 1 atom stereocenters. The molecule has 168 valence electrons. The van der Waals surface area contributed by atoms with Gasteiger partial charge in [-0.15, -0.1) is 10.2 Å². The van der Waals surface area contributed by atoms with E-state index in [9.17, 15) is 4.79 Å². The summed E-state index contributed by atoms with van der Waals surface area (Å²) in [5.74, 6) is 1.91. The molecule has 1 unspecified atom stereocenters. The number of anilines is 1. The van der Waals surface area contributed by atoms with Gasteiger partial charge in [0.15, 0.2) is 11.5 Å². The first kappa shape index (κ1) is 22.0. The Hall–Kier alpha value is -3.20. The average Bonchev–Trinajstić information content (AvgIpc) is 3.48. The van der Waals surface area contributed by atoms with Crippen LogP contribution in [-0.2, 0) is 4.79 Å². The summed E-state index contributed by atoms with van der Waals surface area (Å²) >= 11 is 1.21. The minimum Gasteiger partial charge on any atom is -0.454 e. The van der Waals surface area contributed by atoms with Gasteiger partial charge >= 0.3 is 0 Å². The highest BCUT2D eigenvalue weighted by atomic mass is 32.2. The van der Waals surface area contributed by atoms with Gasteiger partial charge in [0.05, 0.1) is 11.8 Å². The van der Waals surface area contributed by atoms with Crippen molar-refractivity contribution in [3.63, 3.8) is 0 Å². The van der Waals surface area contributed by atoms with Gasteiger partial charge in [-0.1, -0.05) is 17.8 Å². The number of rotatable bonds is 9. The fourth-order valence-corrected chi connectivity index (χ4v) is 4.04. The molecule has 8 nitrogen and oxygen atoms in total. The van der Waals surface area contributed by atoms with Gasteiger partial charge in [-0.05, 0) is 62.7 Å². The molecule has 2 heterocycles. The van der Waals surface area contributed by atoms with Crippen LogP contribution in [0, 0.1) is 0 Å². The van der Waals surface area contributed by atoms with Gasteiger partial charge in [0.25, 0.3) is 5.22 Å². The van der Waals surface area contributed by atoms with Crippen LogP contribution in [-0.4, -0.2) is 41.7 Å². The van der Waals surface area contributed by atoms with Crippen molar-refractivity contribution >= 4 is 23.4 Å². The van der Waals surface area contributed by atoms with E-state index in [1.807, 2.05) is 49.4 Å². The van der Waals surface area contributed by atoms with Gasteiger partial charge < -0.3 is 24.1 Å². The maximum Gasteiger partial charge on any atom is 0.277 e. The lowest BCUT2D eigenvalue weighted by Crippen LogP contribution is -2.28. The summed E-state index contributed by atoms with van der Waals surface area (Å²) in [7, 11) is 0. The molecular weight excluding hydrogens is 428 g/mol. The molecule has 1 aliphatic heterocycles. The number of aromatic nitrogens is 2. The molecule has 1 amide bonds. The van der Waals surface area contributed by atoms with Crippen LogP contribution in [0.1, 0.15) is 32.4 Å². The normalized spacial score (nSPS) is 13.1. The zero-order valence-corrected chi connectivity index (χ0v) is 19.1. The largest absolute Gasteiger partial charge is 0.454 e. The average molecular weight is 455 g/mol. The molecule has 0 radical (unpaired) electrons. The first-order valence-corrected chi connectivity index (χ1v) is 11.6. The van der Waals surface area contributed by atoms with E-state index < -0.39 is 0 Å². The van der Waals surface area contributed by atoms with Gasteiger partial charge in [-0.25, -0.2) is 0 Å². The summed E-state index contributed by atoms with van der Waals surface area (Å²) < 4.78 is 16.5. The van der Waals surface area contributed by atoms with Gasteiger partial charge in [0, 0.05) is 24.3 Å². The van der Waals surface area contributed by atoms with Crippen LogP contribution in [0.5, 0.6) is 11.5 Å². The molecular formula is C23H26N4O4S. The highest BCUT2D eigenvalue weighted by Gasteiger charge is 2.18. The minimum atomic E-state index is -0.167. The number of hydrogen-bond acceptors (Lipinski definition) is 8. The molecule has 0 bridgehead atoms. The Balaban J connectivity index is 1.30. The molecule has 1 aromatic heterocycles. The first-order valence-electron chi connectivity index (χ1n) is 10.6. The second kappa shape index (κ2) is 9.95. The van der Waals surface area contributed by atoms with Gasteiger partial charge in [0.2, 0.25) is 18.6 Å². The number of nitrogens with zero attached hydrogens (tertiary/aromatic N) is 3. The van der Waals surface area contributed by atoms with Gasteiger partial charge in [0.1, 0.15) is 0 Å². The van der Waals surface area contributed by atoms with Crippen LogP contribution in [0.15, 0.2) is 52.1 Å². The summed E-state index contributed by atoms with van der Waals surface area (Å²) in [6.07, 6.45) is 0. The molecule has 0 spiro atoms. The predicted molar refractivity (Wildman–Crippen MR) is 123 cm³/mol. The Morgan fingerprint density at radius 2 is 1.84 bits per heavy atom. The van der Waals surface area contributed by atoms with Crippen molar-refractivity contribution in [3.8, 4) is 23.0 Å². The van der Waals surface area contributed by atoms with Crippen LogP contribution in [0.25, 0.3) is 11.5 Å². The Bertz CT molecular complexity index is 1070. The summed E-state index contributed by atoms with van der Waals surface area (Å²) in [6.45, 7) is 8.31. The second-order valence-corrected chi connectivity index (χ2v) is 8.21. The highest BCUT2D eigenvalue weighted by molar-refractivity contribution is 7.99. The van der Waals surface area contributed by atoms with Crippen LogP contribution in [0.3, 0.4) is 0 Å². The second-order valence-electron chi connectivity index (χ2n) is 7.28. The van der Waals surface area contributed by atoms with Crippen molar-refractivity contribution in [2.75, 3.05) is 30.5 Å². The molecule has 1 N–H and O–H groups in total. The summed E-state index contributed by atoms with van der Waals surface area (Å²) in [6, 6.07) is 13.5. The Labute approximate surface area is 191 Å². The molecule has 0 fully saturated rings. The summed E-state index contributed by atoms with van der Waals surface area (Å²) in [5.41, 5.74) is 2.95. The van der Waals surface area contributed by atoms with E-state index >= 15 is 0 Å². The number of carbonyl (C=O) groups excluding carboxylic acids is 1. The number of amides is 1. The van der Waals surface area contributed by atoms with E-state index in [-0.39, 0.29) is 24.5 Å². The standard InChI is InChI=1S/C23H26N4O4S/c1-4-27(5-2)18-9-6-16(7-10-18)22-25-26-23(31-22)32-13-21(28)24-15(3)17-8-11-19-20(12-17)30-14-29-19/h6-12,15H,4-5,13-14H2,1-3H3,(H,24,28). The van der Waals surface area contributed by atoms with E-state index in [4.69, 9.17) is 13.9 Å². The number of carbonyl (C=O) groups is 1. The highest BCUT2D eigenvalue weighted by Crippen LogP contribution is 2.34. The van der Waals surface area contributed by atoms with Crippen molar-refractivity contribution in [1.29, 1.82) is 0 Å². The van der Waals surface area contributed by atoms with Crippen molar-refractivity contribution < 1.29 is 18.7 Å². The SMILES string of the molecule is CCN(CC)c1ccc(-c2nnc(SCC(=O)NC(C)c3ccc4c(c3)OCO4)o2)cc1. The lowest BCUT2D eigenvalue weighted by atomic mass is 10.1. The van der Waals surface area contributed by atoms with Crippen LogP contribution in [0.4, 0.5) is 5.69 Å². The fourth-order valence-electron chi connectivity index (χ4n) is 3.46. The van der Waals surface area contributed by atoms with Crippen molar-refractivity contribution in [2.45, 2.75) is 32.0 Å². The number of fused-ring (bicyclic) bond motifs is 1. The molecule has 0 aliphatic carbocycles. The Kier molecular flexibility index (Phi) is 6.84. The summed E-state index contributed by atoms with van der Waals surface area (Å²) in [5, 5.41) is 11.5. The third-order valence-corrected chi connectivity index (χ3v) is 6.07. The maximum atomic E-state index is 12.4. The lowest BCUT2D eigenvalue weighted by Gasteiger charge is -2.20. The number of thioether (sulfide) groups is 1. The zero-order valence-electron chi connectivity index (χ0n) is 18.3. The van der Waals surface area contributed by atoms with E-state index in [1.54, 1.807) is 0 Å². The molecule has 3 aromatic rings. The first-order chi connectivity index (χ1) is 15.6. The van der Waals surface area contributed by atoms with E-state index in [1.165, 1.54) is 11.8 Å². The van der Waals surface area contributed by atoms with E-state index in [0.717, 1.165) is 35.7 Å². The molecule has 0 saturated heterocycles. The number of nitrogens with one attached hydrogen (secondary N) is 1. The van der Waals surface area contributed by atoms with Crippen molar-refractivity contribution in [1.82, 2.24) is 15.5 Å². The smallest absolute Gasteiger partial charge is 0.277 e.